The van der Waals surface area contributed by atoms with Gasteiger partial charge in [0.05, 0.1) is 25.7 Å². The number of nitro groups is 1. The summed E-state index contributed by atoms with van der Waals surface area (Å²) >= 11 is 18.9. The summed E-state index contributed by atoms with van der Waals surface area (Å²) in [6, 6.07) is 9.50. The molecule has 0 aliphatic heterocycles. The first kappa shape index (κ1) is 22.3. The number of nitrogen functional groups attached to an aromatic ring is 1. The molecule has 0 aliphatic carbocycles. The standard InChI is InChI=1S/C12H8Cl2N2O.C5H2ClIN2O2/c13-7-5-10(15)11(16-6-7)12(17)8-3-1-2-4-9(8)14;6-3-1-4(9(10)11)5(7)8-2-3/h1-6H,15H2;1-2H. The van der Waals surface area contributed by atoms with Crippen LogP contribution in [0.2, 0.25) is 15.1 Å². The Balaban J connectivity index is 0.000000221. The van der Waals surface area contributed by atoms with E-state index in [1.54, 1.807) is 46.9 Å². The number of hydrogen-bond acceptors (Lipinski definition) is 6. The number of halogens is 4. The van der Waals surface area contributed by atoms with Crippen LogP contribution in [0.25, 0.3) is 0 Å². The highest BCUT2D eigenvalue weighted by Gasteiger charge is 2.16. The molecule has 0 fully saturated rings. The summed E-state index contributed by atoms with van der Waals surface area (Å²) in [7, 11) is 0. The number of anilines is 1. The Morgan fingerprint density at radius 3 is 2.25 bits per heavy atom. The molecule has 2 heterocycles. The van der Waals surface area contributed by atoms with Gasteiger partial charge in [-0.3, -0.25) is 14.9 Å². The average molecular weight is 552 g/mol. The van der Waals surface area contributed by atoms with Gasteiger partial charge in [-0.25, -0.2) is 9.97 Å². The van der Waals surface area contributed by atoms with Crippen LogP contribution in [0.5, 0.6) is 0 Å². The number of aromatic nitrogens is 2. The minimum Gasteiger partial charge on any atom is -0.397 e. The van der Waals surface area contributed by atoms with Gasteiger partial charge in [0.25, 0.3) is 0 Å². The van der Waals surface area contributed by atoms with Crippen molar-refractivity contribution in [1.29, 1.82) is 0 Å². The second-order valence-electron chi connectivity index (χ2n) is 5.12. The van der Waals surface area contributed by atoms with Gasteiger partial charge < -0.3 is 5.73 Å². The monoisotopic (exact) mass is 550 g/mol. The van der Waals surface area contributed by atoms with Gasteiger partial charge in [-0.05, 0) is 40.8 Å². The molecule has 0 bridgehead atoms. The number of pyridine rings is 2. The molecule has 2 aromatic heterocycles. The van der Waals surface area contributed by atoms with E-state index in [4.69, 9.17) is 40.5 Å². The third-order valence-corrected chi connectivity index (χ3v) is 4.78. The molecule has 144 valence electrons. The SMILES string of the molecule is Nc1cc(Cl)cnc1C(=O)c1ccccc1Cl.O=[N+]([O-])c1cc(Cl)cnc1I. The molecule has 0 unspecified atom stereocenters. The normalized spacial score (nSPS) is 10.0. The third-order valence-electron chi connectivity index (χ3n) is 3.20. The summed E-state index contributed by atoms with van der Waals surface area (Å²) in [5.41, 5.74) is 6.41. The van der Waals surface area contributed by atoms with Crippen molar-refractivity contribution in [1.82, 2.24) is 9.97 Å². The van der Waals surface area contributed by atoms with Gasteiger partial charge in [0.15, 0.2) is 3.70 Å². The molecule has 0 spiro atoms. The van der Waals surface area contributed by atoms with Gasteiger partial charge in [0.2, 0.25) is 5.78 Å². The molecule has 1 aromatic carbocycles. The maximum Gasteiger partial charge on any atom is 0.302 e. The molecule has 0 amide bonds. The maximum atomic E-state index is 12.1. The van der Waals surface area contributed by atoms with E-state index in [0.717, 1.165) is 0 Å². The molecule has 0 atom stereocenters. The van der Waals surface area contributed by atoms with Crippen molar-refractivity contribution in [2.75, 3.05) is 5.73 Å². The summed E-state index contributed by atoms with van der Waals surface area (Å²) in [6.07, 6.45) is 2.75. The lowest BCUT2D eigenvalue weighted by molar-refractivity contribution is -0.386. The zero-order valence-electron chi connectivity index (χ0n) is 13.8. The van der Waals surface area contributed by atoms with E-state index in [-0.39, 0.29) is 27.9 Å². The number of carbonyl (C=O) groups is 1. The van der Waals surface area contributed by atoms with Gasteiger partial charge in [-0.2, -0.15) is 0 Å². The van der Waals surface area contributed by atoms with Gasteiger partial charge in [0.1, 0.15) is 5.69 Å². The molecule has 2 N–H and O–H groups in total. The minimum atomic E-state index is -0.513. The summed E-state index contributed by atoms with van der Waals surface area (Å²) < 4.78 is 0.344. The second kappa shape index (κ2) is 9.97. The number of nitrogens with two attached hydrogens (primary N) is 1. The highest BCUT2D eigenvalue weighted by Crippen LogP contribution is 2.23. The Labute approximate surface area is 188 Å². The number of ketones is 1. The van der Waals surface area contributed by atoms with E-state index < -0.39 is 4.92 Å². The van der Waals surface area contributed by atoms with Crippen molar-refractivity contribution < 1.29 is 9.72 Å². The lowest BCUT2D eigenvalue weighted by Gasteiger charge is -2.05. The average Bonchev–Trinajstić information content (AvgIpc) is 2.64. The van der Waals surface area contributed by atoms with Crippen LogP contribution in [-0.4, -0.2) is 20.7 Å². The largest absolute Gasteiger partial charge is 0.397 e. The second-order valence-corrected chi connectivity index (χ2v) is 7.42. The molecule has 28 heavy (non-hydrogen) atoms. The first-order chi connectivity index (χ1) is 13.2. The number of nitrogens with zero attached hydrogens (tertiary/aromatic N) is 3. The number of carbonyl (C=O) groups excluding carboxylic acids is 1. The summed E-state index contributed by atoms with van der Waals surface area (Å²) in [6.45, 7) is 0. The predicted octanol–water partition coefficient (Wildman–Crippen LogP) is 5.45. The van der Waals surface area contributed by atoms with Gasteiger partial charge >= 0.3 is 5.69 Å². The van der Waals surface area contributed by atoms with Crippen molar-refractivity contribution in [3.63, 3.8) is 0 Å². The molecular weight excluding hydrogens is 541 g/mol. The first-order valence-electron chi connectivity index (χ1n) is 7.36. The number of hydrogen-bond donors (Lipinski definition) is 1. The van der Waals surface area contributed by atoms with Crippen LogP contribution in [0.3, 0.4) is 0 Å². The third kappa shape index (κ3) is 5.74. The van der Waals surface area contributed by atoms with Crippen molar-refractivity contribution in [3.8, 4) is 0 Å². The summed E-state index contributed by atoms with van der Waals surface area (Å²) in [5.74, 6) is -0.315. The molecular formula is C17H10Cl3IN4O3. The zero-order valence-corrected chi connectivity index (χ0v) is 18.2. The van der Waals surface area contributed by atoms with E-state index in [2.05, 4.69) is 9.97 Å². The fraction of sp³-hybridized carbons (Fsp3) is 0. The minimum absolute atomic E-state index is 0.0573. The quantitative estimate of drug-likeness (QED) is 0.152. The van der Waals surface area contributed by atoms with Crippen LogP contribution in [0.15, 0.2) is 48.8 Å². The summed E-state index contributed by atoms with van der Waals surface area (Å²) in [4.78, 5) is 29.5. The highest BCUT2D eigenvalue weighted by molar-refractivity contribution is 14.1. The molecule has 0 saturated carbocycles. The number of rotatable bonds is 3. The molecule has 3 rings (SSSR count). The van der Waals surface area contributed by atoms with Gasteiger partial charge in [-0.15, -0.1) is 0 Å². The van der Waals surface area contributed by atoms with E-state index in [0.29, 0.717) is 19.3 Å². The highest BCUT2D eigenvalue weighted by atomic mass is 127. The fourth-order valence-corrected chi connectivity index (χ4v) is 2.99. The van der Waals surface area contributed by atoms with Crippen LogP contribution >= 0.6 is 57.4 Å². The van der Waals surface area contributed by atoms with Crippen LogP contribution in [-0.2, 0) is 0 Å². The summed E-state index contributed by atoms with van der Waals surface area (Å²) in [5, 5.41) is 11.3. The Morgan fingerprint density at radius 2 is 1.68 bits per heavy atom. The first-order valence-corrected chi connectivity index (χ1v) is 9.57. The van der Waals surface area contributed by atoms with Crippen LogP contribution < -0.4 is 5.73 Å². The van der Waals surface area contributed by atoms with E-state index in [9.17, 15) is 14.9 Å². The lowest BCUT2D eigenvalue weighted by atomic mass is 10.1. The van der Waals surface area contributed by atoms with Crippen molar-refractivity contribution in [2.24, 2.45) is 0 Å². The maximum absolute atomic E-state index is 12.1. The molecule has 0 radical (unpaired) electrons. The zero-order chi connectivity index (χ0) is 20.8. The molecule has 0 saturated heterocycles. The topological polar surface area (TPSA) is 112 Å². The van der Waals surface area contributed by atoms with E-state index in [1.807, 2.05) is 0 Å². The Kier molecular flexibility index (Phi) is 7.93. The van der Waals surface area contributed by atoms with E-state index >= 15 is 0 Å². The molecule has 0 aliphatic rings. The predicted molar refractivity (Wildman–Crippen MR) is 117 cm³/mol. The van der Waals surface area contributed by atoms with Crippen molar-refractivity contribution in [2.45, 2.75) is 0 Å². The van der Waals surface area contributed by atoms with Crippen LogP contribution in [0.4, 0.5) is 11.4 Å². The smallest absolute Gasteiger partial charge is 0.302 e. The van der Waals surface area contributed by atoms with Gasteiger partial charge in [0, 0.05) is 24.0 Å². The lowest BCUT2D eigenvalue weighted by Crippen LogP contribution is -2.08. The molecule has 3 aromatic rings. The Hall–Kier alpha value is -2.01. The van der Waals surface area contributed by atoms with Crippen molar-refractivity contribution in [3.05, 3.63) is 88.9 Å². The van der Waals surface area contributed by atoms with Crippen LogP contribution in [0, 0.1) is 13.8 Å². The number of benzene rings is 1. The van der Waals surface area contributed by atoms with Crippen LogP contribution in [0.1, 0.15) is 16.1 Å². The van der Waals surface area contributed by atoms with Gasteiger partial charge in [-0.1, -0.05) is 46.9 Å². The fourth-order valence-electron chi connectivity index (χ4n) is 1.96. The Morgan fingerprint density at radius 1 is 1.07 bits per heavy atom. The van der Waals surface area contributed by atoms with E-state index in [1.165, 1.54) is 24.5 Å². The van der Waals surface area contributed by atoms with Crippen molar-refractivity contribution >= 4 is 74.6 Å². The molecule has 11 heteroatoms. The Bertz CT molecular complexity index is 1050. The molecule has 7 nitrogen and oxygen atoms in total.